The van der Waals surface area contributed by atoms with Crippen LogP contribution in [-0.4, -0.2) is 58.2 Å². The highest BCUT2D eigenvalue weighted by atomic mass is 19.3. The van der Waals surface area contributed by atoms with Gasteiger partial charge in [-0.25, -0.2) is 8.78 Å². The van der Waals surface area contributed by atoms with Gasteiger partial charge in [-0.1, -0.05) is 33.1 Å². The largest absolute Gasteiger partial charge is 0.460 e. The molecule has 5 atom stereocenters. The van der Waals surface area contributed by atoms with Crippen LogP contribution in [0.25, 0.3) is 0 Å². The lowest BCUT2D eigenvalue weighted by atomic mass is 9.84. The number of nitrogens with zero attached hydrogens (tertiary/aromatic N) is 1. The maximum atomic E-state index is 14.9. The lowest BCUT2D eigenvalue weighted by Gasteiger charge is -2.34. The fourth-order valence-corrected chi connectivity index (χ4v) is 7.25. The van der Waals surface area contributed by atoms with Crippen molar-refractivity contribution in [1.29, 1.82) is 0 Å². The SMILES string of the molecule is CC(C)(C)OC(=O)C[C@H]1CCC(F)(F)CCCCCC[C@@H](C(=O)C(=O)CC2CC2)CC(=O)[C@@H]2[C@@H]3[C@H](CN2C1=O)C3(C)C. The predicted molar refractivity (Wildman–Crippen MR) is 153 cm³/mol. The Kier molecular flexibility index (Phi) is 9.68. The molecule has 9 heteroatoms. The molecule has 0 spiro atoms. The van der Waals surface area contributed by atoms with Crippen molar-refractivity contribution < 1.29 is 37.5 Å². The third kappa shape index (κ3) is 8.04. The van der Waals surface area contributed by atoms with Gasteiger partial charge in [0.25, 0.3) is 0 Å². The second kappa shape index (κ2) is 12.4. The van der Waals surface area contributed by atoms with E-state index >= 15 is 0 Å². The third-order valence-electron chi connectivity index (χ3n) is 9.97. The molecule has 2 aliphatic heterocycles. The average molecular weight is 594 g/mol. The van der Waals surface area contributed by atoms with E-state index in [0.29, 0.717) is 38.6 Å². The minimum Gasteiger partial charge on any atom is -0.460 e. The number of hydrogen-bond acceptors (Lipinski definition) is 6. The topological polar surface area (TPSA) is 97.8 Å². The average Bonchev–Trinajstić information content (AvgIpc) is 3.72. The number of ether oxygens (including phenoxy) is 1. The van der Waals surface area contributed by atoms with Gasteiger partial charge in [-0.15, -0.1) is 0 Å². The molecule has 2 saturated carbocycles. The predicted octanol–water partition coefficient (Wildman–Crippen LogP) is 6.10. The van der Waals surface area contributed by atoms with Crippen LogP contribution in [0.2, 0.25) is 0 Å². The Bertz CT molecular complexity index is 1070. The number of ketones is 3. The molecule has 42 heavy (non-hydrogen) atoms. The number of amides is 1. The zero-order chi connectivity index (χ0) is 31.0. The smallest absolute Gasteiger partial charge is 0.307 e. The molecular formula is C33H49F2NO6. The number of piperidine rings is 1. The zero-order valence-electron chi connectivity index (χ0n) is 26.0. The summed E-state index contributed by atoms with van der Waals surface area (Å²) in [5.74, 6) is -6.83. The first-order valence-corrected chi connectivity index (χ1v) is 16.0. The highest BCUT2D eigenvalue weighted by Crippen LogP contribution is 2.65. The van der Waals surface area contributed by atoms with Crippen LogP contribution in [0.1, 0.15) is 118 Å². The van der Waals surface area contributed by atoms with E-state index in [2.05, 4.69) is 13.8 Å². The van der Waals surface area contributed by atoms with Crippen LogP contribution in [-0.2, 0) is 28.7 Å². The quantitative estimate of drug-likeness (QED) is 0.273. The van der Waals surface area contributed by atoms with Gasteiger partial charge in [0.15, 0.2) is 11.6 Å². The van der Waals surface area contributed by atoms with Crippen molar-refractivity contribution in [3.63, 3.8) is 0 Å². The minimum atomic E-state index is -2.98. The fraction of sp³-hybridized carbons (Fsp3) is 0.848. The number of rotatable bonds is 6. The lowest BCUT2D eigenvalue weighted by Crippen LogP contribution is -2.49. The summed E-state index contributed by atoms with van der Waals surface area (Å²) in [5, 5.41) is 0. The Balaban J connectivity index is 1.60. The van der Waals surface area contributed by atoms with Gasteiger partial charge < -0.3 is 9.64 Å². The molecule has 236 valence electrons. The second-order valence-corrected chi connectivity index (χ2v) is 15.0. The number of Topliss-reactive ketones (excluding diaryl/α,β-unsaturated/α-hetero) is 3. The molecule has 2 heterocycles. The Hall–Kier alpha value is -2.19. The normalized spacial score (nSPS) is 32.1. The first-order valence-electron chi connectivity index (χ1n) is 16.0. The molecule has 4 fully saturated rings. The number of carbonyl (C=O) groups excluding carboxylic acids is 5. The summed E-state index contributed by atoms with van der Waals surface area (Å²) >= 11 is 0. The van der Waals surface area contributed by atoms with E-state index in [1.165, 1.54) is 4.90 Å². The number of hydrogen-bond donors (Lipinski definition) is 0. The van der Waals surface area contributed by atoms with Crippen molar-refractivity contribution in [1.82, 2.24) is 4.90 Å². The van der Waals surface area contributed by atoms with Crippen molar-refractivity contribution in [3.05, 3.63) is 0 Å². The molecule has 0 aromatic carbocycles. The van der Waals surface area contributed by atoms with Gasteiger partial charge in [-0.05, 0) is 76.0 Å². The van der Waals surface area contributed by atoms with Crippen LogP contribution in [0, 0.1) is 35.0 Å². The summed E-state index contributed by atoms with van der Waals surface area (Å²) < 4.78 is 35.3. The van der Waals surface area contributed by atoms with Gasteiger partial charge in [-0.3, -0.25) is 24.0 Å². The molecule has 4 rings (SSSR count). The van der Waals surface area contributed by atoms with Gasteiger partial charge >= 0.3 is 5.97 Å². The summed E-state index contributed by atoms with van der Waals surface area (Å²) in [4.78, 5) is 68.3. The molecule has 0 bridgehead atoms. The van der Waals surface area contributed by atoms with Crippen molar-refractivity contribution in [2.75, 3.05) is 6.54 Å². The Labute approximate surface area is 248 Å². The van der Waals surface area contributed by atoms with Crippen molar-refractivity contribution >= 4 is 29.2 Å². The lowest BCUT2D eigenvalue weighted by molar-refractivity contribution is -0.159. The van der Waals surface area contributed by atoms with Crippen LogP contribution >= 0.6 is 0 Å². The Morgan fingerprint density at radius 2 is 1.60 bits per heavy atom. The highest BCUT2D eigenvalue weighted by molar-refractivity contribution is 6.38. The summed E-state index contributed by atoms with van der Waals surface area (Å²) in [7, 11) is 0. The molecule has 0 aromatic heterocycles. The highest BCUT2D eigenvalue weighted by Gasteiger charge is 2.69. The Morgan fingerprint density at radius 3 is 2.24 bits per heavy atom. The van der Waals surface area contributed by atoms with E-state index in [0.717, 1.165) is 12.8 Å². The molecule has 2 aliphatic carbocycles. The fourth-order valence-electron chi connectivity index (χ4n) is 7.25. The monoisotopic (exact) mass is 593 g/mol. The zero-order valence-corrected chi connectivity index (χ0v) is 26.0. The Morgan fingerprint density at radius 1 is 0.929 bits per heavy atom. The molecule has 0 aromatic rings. The first-order chi connectivity index (χ1) is 19.5. The number of carbonyl (C=O) groups is 5. The standard InChI is InChI=1S/C33H49F2NO6/c1-31(2,3)42-26(39)18-22-13-15-33(34,35)14-9-7-6-8-10-21(29(40)25(38)16-20-11-12-20)17-24(37)28-27-23(32(27,4)5)19-36(28)30(22)41/h20-23,27-28H,6-19H2,1-5H3/t21-,22-,23+,27+,28-/m1/s1. The van der Waals surface area contributed by atoms with Crippen LogP contribution in [0.3, 0.4) is 0 Å². The van der Waals surface area contributed by atoms with E-state index in [9.17, 15) is 32.8 Å². The molecule has 0 unspecified atom stereocenters. The summed E-state index contributed by atoms with van der Waals surface area (Å²) in [6.07, 6.45) is 3.07. The van der Waals surface area contributed by atoms with E-state index in [-0.39, 0.29) is 61.1 Å². The van der Waals surface area contributed by atoms with Crippen LogP contribution < -0.4 is 0 Å². The maximum Gasteiger partial charge on any atom is 0.307 e. The molecule has 1 amide bonds. The summed E-state index contributed by atoms with van der Waals surface area (Å²) in [5.41, 5.74) is -0.967. The number of fused-ring (bicyclic) bond motifs is 3. The second-order valence-electron chi connectivity index (χ2n) is 15.0. The van der Waals surface area contributed by atoms with Crippen LogP contribution in [0.5, 0.6) is 0 Å². The van der Waals surface area contributed by atoms with Crippen molar-refractivity contribution in [3.8, 4) is 0 Å². The maximum absolute atomic E-state index is 14.9. The van der Waals surface area contributed by atoms with Gasteiger partial charge in [0.1, 0.15) is 5.60 Å². The molecule has 4 aliphatic rings. The third-order valence-corrected chi connectivity index (χ3v) is 9.97. The van der Waals surface area contributed by atoms with Gasteiger partial charge in [0.05, 0.1) is 12.5 Å². The summed E-state index contributed by atoms with van der Waals surface area (Å²) in [6.45, 7) is 9.54. The van der Waals surface area contributed by atoms with Crippen molar-refractivity contribution in [2.24, 2.45) is 35.0 Å². The molecule has 0 radical (unpaired) electrons. The van der Waals surface area contributed by atoms with E-state index in [4.69, 9.17) is 4.74 Å². The summed E-state index contributed by atoms with van der Waals surface area (Å²) in [6, 6.07) is -0.791. The van der Waals surface area contributed by atoms with E-state index < -0.39 is 59.3 Å². The number of esters is 1. The minimum absolute atomic E-state index is 0.0757. The number of alkyl halides is 2. The molecule has 2 saturated heterocycles. The van der Waals surface area contributed by atoms with Gasteiger partial charge in [0, 0.05) is 44.1 Å². The van der Waals surface area contributed by atoms with Crippen LogP contribution in [0.15, 0.2) is 0 Å². The van der Waals surface area contributed by atoms with Crippen LogP contribution in [0.4, 0.5) is 8.78 Å². The molecule has 7 nitrogen and oxygen atoms in total. The first kappa shape index (κ1) is 32.7. The number of halogens is 2. The van der Waals surface area contributed by atoms with E-state index in [1.807, 2.05) is 0 Å². The van der Waals surface area contributed by atoms with Crippen molar-refractivity contribution in [2.45, 2.75) is 136 Å². The van der Waals surface area contributed by atoms with E-state index in [1.54, 1.807) is 20.8 Å². The molecular weight excluding hydrogens is 544 g/mol. The van der Waals surface area contributed by atoms with Gasteiger partial charge in [-0.2, -0.15) is 0 Å². The molecule has 0 N–H and O–H groups in total. The van der Waals surface area contributed by atoms with Gasteiger partial charge in [0.2, 0.25) is 17.6 Å².